The number of hydrogen-bond donors (Lipinski definition) is 1. The van der Waals surface area contributed by atoms with Gasteiger partial charge in [-0.05, 0) is 31.4 Å². The molecule has 0 amide bonds. The summed E-state index contributed by atoms with van der Waals surface area (Å²) in [5, 5.41) is 14.8. The van der Waals surface area contributed by atoms with E-state index in [-0.39, 0.29) is 10.6 Å². The smallest absolute Gasteiger partial charge is 0.269 e. The van der Waals surface area contributed by atoms with Gasteiger partial charge in [-0.2, -0.15) is 11.8 Å². The summed E-state index contributed by atoms with van der Waals surface area (Å²) < 4.78 is 5.35. The minimum absolute atomic E-state index is 0.161. The zero-order chi connectivity index (χ0) is 14.4. The summed E-state index contributed by atoms with van der Waals surface area (Å²) in [6.07, 6.45) is 2.13. The lowest BCUT2D eigenvalue weighted by molar-refractivity contribution is -0.384. The minimum Gasteiger partial charge on any atom is -0.385 e. The summed E-state index contributed by atoms with van der Waals surface area (Å²) in [5.74, 6) is 0.800. The normalized spacial score (nSPS) is 16.1. The fourth-order valence-corrected chi connectivity index (χ4v) is 3.41. The molecule has 1 saturated heterocycles. The van der Waals surface area contributed by atoms with Crippen molar-refractivity contribution in [3.63, 3.8) is 0 Å². The van der Waals surface area contributed by atoms with E-state index in [9.17, 15) is 10.1 Å². The first-order valence-corrected chi connectivity index (χ1v) is 7.96. The van der Waals surface area contributed by atoms with E-state index in [0.717, 1.165) is 49.6 Å². The molecule has 0 saturated carbocycles. The molecule has 1 aromatic carbocycles. The fourth-order valence-electron chi connectivity index (χ4n) is 2.23. The lowest BCUT2D eigenvalue weighted by Crippen LogP contribution is -2.17. The number of ether oxygens (including phenoxy) is 1. The monoisotopic (exact) mass is 296 g/mol. The molecule has 2 rings (SSSR count). The van der Waals surface area contributed by atoms with Gasteiger partial charge in [0, 0.05) is 48.6 Å². The second-order valence-electron chi connectivity index (χ2n) is 4.75. The number of anilines is 1. The van der Waals surface area contributed by atoms with E-state index in [1.165, 1.54) is 0 Å². The minimum atomic E-state index is -0.335. The number of rotatable bonds is 6. The lowest BCUT2D eigenvalue weighted by atomic mass is 10.2. The zero-order valence-corrected chi connectivity index (χ0v) is 12.4. The molecule has 1 heterocycles. The van der Waals surface area contributed by atoms with Gasteiger partial charge >= 0.3 is 0 Å². The Morgan fingerprint density at radius 1 is 1.45 bits per heavy atom. The molecule has 1 aliphatic rings. The molecular weight excluding hydrogens is 276 g/mol. The van der Waals surface area contributed by atoms with Crippen molar-refractivity contribution in [1.82, 2.24) is 0 Å². The Kier molecular flexibility index (Phi) is 5.67. The van der Waals surface area contributed by atoms with Crippen molar-refractivity contribution in [3.05, 3.63) is 33.9 Å². The van der Waals surface area contributed by atoms with Crippen LogP contribution in [0.4, 0.5) is 11.4 Å². The quantitative estimate of drug-likeness (QED) is 0.643. The van der Waals surface area contributed by atoms with Crippen LogP contribution in [0.2, 0.25) is 0 Å². The Hall–Kier alpha value is -1.27. The number of nitro groups is 1. The van der Waals surface area contributed by atoms with E-state index < -0.39 is 0 Å². The van der Waals surface area contributed by atoms with Gasteiger partial charge in [0.05, 0.1) is 4.92 Å². The van der Waals surface area contributed by atoms with Crippen LogP contribution in [0.15, 0.2) is 18.2 Å². The van der Waals surface area contributed by atoms with Gasteiger partial charge in [0.25, 0.3) is 5.69 Å². The molecule has 0 radical (unpaired) electrons. The second kappa shape index (κ2) is 7.50. The average Bonchev–Trinajstić information content (AvgIpc) is 2.47. The molecule has 0 bridgehead atoms. The molecule has 1 aromatic rings. The number of nitrogens with one attached hydrogen (secondary N) is 1. The van der Waals surface area contributed by atoms with E-state index >= 15 is 0 Å². The molecule has 6 heteroatoms. The van der Waals surface area contributed by atoms with E-state index in [1.54, 1.807) is 12.1 Å². The first-order chi connectivity index (χ1) is 9.70. The summed E-state index contributed by atoms with van der Waals surface area (Å²) in [6.45, 7) is 4.49. The van der Waals surface area contributed by atoms with Crippen molar-refractivity contribution in [3.8, 4) is 0 Å². The number of nitro benzene ring substituents is 1. The maximum Gasteiger partial charge on any atom is 0.269 e. The Balaban J connectivity index is 2.06. The molecule has 0 aliphatic carbocycles. The highest BCUT2D eigenvalue weighted by Gasteiger charge is 2.16. The van der Waals surface area contributed by atoms with E-state index in [1.807, 2.05) is 24.8 Å². The Morgan fingerprint density at radius 2 is 2.20 bits per heavy atom. The summed E-state index contributed by atoms with van der Waals surface area (Å²) in [6, 6.07) is 5.05. The summed E-state index contributed by atoms with van der Waals surface area (Å²) in [7, 11) is 0. The molecule has 20 heavy (non-hydrogen) atoms. The highest BCUT2D eigenvalue weighted by Crippen LogP contribution is 2.30. The summed E-state index contributed by atoms with van der Waals surface area (Å²) in [4.78, 5) is 10.6. The first-order valence-electron chi connectivity index (χ1n) is 6.91. The number of nitrogens with zero attached hydrogens (tertiary/aromatic N) is 1. The number of benzene rings is 1. The largest absolute Gasteiger partial charge is 0.385 e. The maximum atomic E-state index is 10.9. The second-order valence-corrected chi connectivity index (χ2v) is 6.04. The van der Waals surface area contributed by atoms with Crippen molar-refractivity contribution >= 4 is 23.1 Å². The molecule has 1 aliphatic heterocycles. The van der Waals surface area contributed by atoms with Crippen LogP contribution in [0.25, 0.3) is 0 Å². The zero-order valence-electron chi connectivity index (χ0n) is 11.6. The van der Waals surface area contributed by atoms with Crippen LogP contribution in [-0.4, -0.2) is 29.9 Å². The number of non-ortho nitro benzene ring substituents is 1. The van der Waals surface area contributed by atoms with Gasteiger partial charge in [-0.25, -0.2) is 0 Å². The van der Waals surface area contributed by atoms with Gasteiger partial charge in [0.2, 0.25) is 0 Å². The topological polar surface area (TPSA) is 64.4 Å². The Bertz CT molecular complexity index is 462. The molecular formula is C14H20N2O3S. The van der Waals surface area contributed by atoms with Crippen LogP contribution < -0.4 is 5.32 Å². The van der Waals surface area contributed by atoms with E-state index in [2.05, 4.69) is 5.32 Å². The van der Waals surface area contributed by atoms with Crippen molar-refractivity contribution in [2.45, 2.75) is 30.8 Å². The molecule has 0 atom stereocenters. The van der Waals surface area contributed by atoms with Crippen molar-refractivity contribution in [2.75, 3.05) is 25.1 Å². The van der Waals surface area contributed by atoms with Gasteiger partial charge in [-0.1, -0.05) is 0 Å². The van der Waals surface area contributed by atoms with Gasteiger partial charge in [-0.3, -0.25) is 10.1 Å². The third-order valence-electron chi connectivity index (χ3n) is 3.31. The molecule has 5 nitrogen and oxygen atoms in total. The summed E-state index contributed by atoms with van der Waals surface area (Å²) in [5.41, 5.74) is 2.17. The SMILES string of the molecule is CCNc1ccc([N+](=O)[O-])cc1CSC1CCOCC1. The van der Waals surface area contributed by atoms with Gasteiger partial charge in [-0.15, -0.1) is 0 Å². The first kappa shape index (κ1) is 15.1. The third kappa shape index (κ3) is 4.11. The predicted molar refractivity (Wildman–Crippen MR) is 82.4 cm³/mol. The fraction of sp³-hybridized carbons (Fsp3) is 0.571. The van der Waals surface area contributed by atoms with E-state index in [0.29, 0.717) is 5.25 Å². The standard InChI is InChI=1S/C14H20N2O3S/c1-2-15-14-4-3-12(16(17)18)9-11(14)10-20-13-5-7-19-8-6-13/h3-4,9,13,15H,2,5-8,10H2,1H3. The van der Waals surface area contributed by atoms with Crippen LogP contribution >= 0.6 is 11.8 Å². The van der Waals surface area contributed by atoms with Gasteiger partial charge in [0.1, 0.15) is 0 Å². The molecule has 0 spiro atoms. The predicted octanol–water partition coefficient (Wildman–Crippen LogP) is 3.44. The highest BCUT2D eigenvalue weighted by atomic mass is 32.2. The summed E-state index contributed by atoms with van der Waals surface area (Å²) >= 11 is 1.87. The van der Waals surface area contributed by atoms with Crippen molar-refractivity contribution in [2.24, 2.45) is 0 Å². The Labute approximate surface area is 123 Å². The Morgan fingerprint density at radius 3 is 2.85 bits per heavy atom. The molecule has 110 valence electrons. The molecule has 1 fully saturated rings. The maximum absolute atomic E-state index is 10.9. The molecule has 1 N–H and O–H groups in total. The molecule has 0 aromatic heterocycles. The number of hydrogen-bond acceptors (Lipinski definition) is 5. The lowest BCUT2D eigenvalue weighted by Gasteiger charge is -2.22. The number of thioether (sulfide) groups is 1. The van der Waals surface area contributed by atoms with Crippen LogP contribution in [0.5, 0.6) is 0 Å². The van der Waals surface area contributed by atoms with Crippen LogP contribution in [0.1, 0.15) is 25.3 Å². The third-order valence-corrected chi connectivity index (χ3v) is 4.73. The van der Waals surface area contributed by atoms with Crippen LogP contribution in [0, 0.1) is 10.1 Å². The average molecular weight is 296 g/mol. The van der Waals surface area contributed by atoms with E-state index in [4.69, 9.17) is 4.74 Å². The van der Waals surface area contributed by atoms with Crippen molar-refractivity contribution < 1.29 is 9.66 Å². The van der Waals surface area contributed by atoms with Gasteiger partial charge < -0.3 is 10.1 Å². The van der Waals surface area contributed by atoms with Crippen LogP contribution in [-0.2, 0) is 10.5 Å². The van der Waals surface area contributed by atoms with Crippen molar-refractivity contribution in [1.29, 1.82) is 0 Å². The van der Waals surface area contributed by atoms with Gasteiger partial charge in [0.15, 0.2) is 0 Å². The van der Waals surface area contributed by atoms with Crippen LogP contribution in [0.3, 0.4) is 0 Å². The molecule has 0 unspecified atom stereocenters. The highest BCUT2D eigenvalue weighted by molar-refractivity contribution is 7.99.